The molecule has 5 nitrogen and oxygen atoms in total. The minimum absolute atomic E-state index is 0.116. The highest BCUT2D eigenvalue weighted by atomic mass is 79.9. The molecule has 0 unspecified atom stereocenters. The molecule has 2 aromatic rings. The molecule has 18 heavy (non-hydrogen) atoms. The highest BCUT2D eigenvalue weighted by molar-refractivity contribution is 9.10. The SMILES string of the molecule is Cc1cc(NS(=O)(=O)c2cccnc2)cnc1Br. The van der Waals surface area contributed by atoms with Crippen molar-refractivity contribution in [2.24, 2.45) is 0 Å². The summed E-state index contributed by atoms with van der Waals surface area (Å²) in [4.78, 5) is 7.93. The molecule has 7 heteroatoms. The first-order valence-corrected chi connectivity index (χ1v) is 7.31. The molecule has 0 spiro atoms. The Labute approximate surface area is 113 Å². The van der Waals surface area contributed by atoms with Gasteiger partial charge in [-0.15, -0.1) is 0 Å². The van der Waals surface area contributed by atoms with Gasteiger partial charge in [-0.3, -0.25) is 9.71 Å². The van der Waals surface area contributed by atoms with Crippen molar-refractivity contribution in [2.45, 2.75) is 11.8 Å². The van der Waals surface area contributed by atoms with E-state index in [9.17, 15) is 8.42 Å². The molecule has 0 fully saturated rings. The van der Waals surface area contributed by atoms with Gasteiger partial charge < -0.3 is 0 Å². The van der Waals surface area contributed by atoms with Crippen LogP contribution in [0.3, 0.4) is 0 Å². The molecule has 0 radical (unpaired) electrons. The Morgan fingerprint density at radius 1 is 1.33 bits per heavy atom. The third-order valence-electron chi connectivity index (χ3n) is 2.21. The fraction of sp³-hybridized carbons (Fsp3) is 0.0909. The van der Waals surface area contributed by atoms with Gasteiger partial charge in [-0.1, -0.05) is 0 Å². The summed E-state index contributed by atoms with van der Waals surface area (Å²) in [6, 6.07) is 4.75. The maximum Gasteiger partial charge on any atom is 0.263 e. The quantitative estimate of drug-likeness (QED) is 0.878. The average Bonchev–Trinajstić information content (AvgIpc) is 2.35. The van der Waals surface area contributed by atoms with Crippen molar-refractivity contribution in [3.8, 4) is 0 Å². The van der Waals surface area contributed by atoms with Crippen LogP contribution in [-0.2, 0) is 10.0 Å². The molecule has 0 aliphatic carbocycles. The van der Waals surface area contributed by atoms with E-state index in [-0.39, 0.29) is 4.90 Å². The van der Waals surface area contributed by atoms with Crippen LogP contribution in [0.15, 0.2) is 46.3 Å². The highest BCUT2D eigenvalue weighted by Gasteiger charge is 2.14. The summed E-state index contributed by atoms with van der Waals surface area (Å²) >= 11 is 3.26. The van der Waals surface area contributed by atoms with Gasteiger partial charge in [0.05, 0.1) is 11.9 Å². The topological polar surface area (TPSA) is 72.0 Å². The summed E-state index contributed by atoms with van der Waals surface area (Å²) in [5, 5.41) is 0. The van der Waals surface area contributed by atoms with Crippen LogP contribution in [-0.4, -0.2) is 18.4 Å². The summed E-state index contributed by atoms with van der Waals surface area (Å²) in [7, 11) is -3.61. The van der Waals surface area contributed by atoms with Crippen molar-refractivity contribution < 1.29 is 8.42 Å². The maximum atomic E-state index is 12.0. The lowest BCUT2D eigenvalue weighted by molar-refractivity contribution is 0.601. The molecule has 2 heterocycles. The molecule has 94 valence electrons. The predicted molar refractivity (Wildman–Crippen MR) is 71.7 cm³/mol. The number of hydrogen-bond acceptors (Lipinski definition) is 4. The number of sulfonamides is 1. The van der Waals surface area contributed by atoms with Crippen LogP contribution in [0.1, 0.15) is 5.56 Å². The lowest BCUT2D eigenvalue weighted by Gasteiger charge is -2.08. The molecular weight excluding hydrogens is 318 g/mol. The summed E-state index contributed by atoms with van der Waals surface area (Å²) in [5.41, 5.74) is 1.26. The lowest BCUT2D eigenvalue weighted by atomic mass is 10.3. The average molecular weight is 328 g/mol. The molecule has 1 N–H and O–H groups in total. The lowest BCUT2D eigenvalue weighted by Crippen LogP contribution is -2.13. The van der Waals surface area contributed by atoms with E-state index >= 15 is 0 Å². The molecule has 0 bridgehead atoms. The molecule has 0 aliphatic heterocycles. The predicted octanol–water partition coefficient (Wildman–Crippen LogP) is 2.35. The number of hydrogen-bond donors (Lipinski definition) is 1. The third kappa shape index (κ3) is 2.85. The normalized spacial score (nSPS) is 11.2. The number of halogens is 1. The van der Waals surface area contributed by atoms with Crippen molar-refractivity contribution in [1.82, 2.24) is 9.97 Å². The van der Waals surface area contributed by atoms with Gasteiger partial charge in [-0.25, -0.2) is 13.4 Å². The van der Waals surface area contributed by atoms with E-state index in [1.54, 1.807) is 12.1 Å². The number of aryl methyl sites for hydroxylation is 1. The Bertz CT molecular complexity index is 659. The fourth-order valence-electron chi connectivity index (χ4n) is 1.33. The van der Waals surface area contributed by atoms with E-state index in [0.29, 0.717) is 10.3 Å². The summed E-state index contributed by atoms with van der Waals surface area (Å²) < 4.78 is 27.2. The van der Waals surface area contributed by atoms with Crippen molar-refractivity contribution in [3.05, 3.63) is 47.0 Å². The van der Waals surface area contributed by atoms with Crippen LogP contribution >= 0.6 is 15.9 Å². The monoisotopic (exact) mass is 327 g/mol. The minimum Gasteiger partial charge on any atom is -0.278 e. The number of anilines is 1. The van der Waals surface area contributed by atoms with E-state index in [4.69, 9.17) is 0 Å². The molecule has 0 aromatic carbocycles. The largest absolute Gasteiger partial charge is 0.278 e. The van der Waals surface area contributed by atoms with Gasteiger partial charge in [0.15, 0.2) is 0 Å². The molecule has 0 amide bonds. The Hall–Kier alpha value is -1.47. The van der Waals surface area contributed by atoms with Gasteiger partial charge in [-0.05, 0) is 46.6 Å². The third-order valence-corrected chi connectivity index (χ3v) is 4.41. The number of nitrogens with zero attached hydrogens (tertiary/aromatic N) is 2. The Kier molecular flexibility index (Phi) is 3.63. The van der Waals surface area contributed by atoms with Crippen molar-refractivity contribution in [3.63, 3.8) is 0 Å². The number of aromatic nitrogens is 2. The molecular formula is C11H10BrN3O2S. The molecule has 0 saturated heterocycles. The zero-order valence-corrected chi connectivity index (χ0v) is 11.9. The second-order valence-electron chi connectivity index (χ2n) is 3.63. The minimum atomic E-state index is -3.61. The van der Waals surface area contributed by atoms with Crippen LogP contribution in [0.2, 0.25) is 0 Å². The van der Waals surface area contributed by atoms with E-state index < -0.39 is 10.0 Å². The van der Waals surface area contributed by atoms with Crippen LogP contribution in [0, 0.1) is 6.92 Å². The fourth-order valence-corrected chi connectivity index (χ4v) is 2.55. The van der Waals surface area contributed by atoms with Gasteiger partial charge >= 0.3 is 0 Å². The van der Waals surface area contributed by atoms with E-state index in [1.165, 1.54) is 24.7 Å². The first kappa shape index (κ1) is 13.0. The van der Waals surface area contributed by atoms with E-state index in [2.05, 4.69) is 30.6 Å². The van der Waals surface area contributed by atoms with Gasteiger partial charge in [0.25, 0.3) is 10.0 Å². The maximum absolute atomic E-state index is 12.0. The zero-order valence-electron chi connectivity index (χ0n) is 9.46. The second kappa shape index (κ2) is 5.03. The summed E-state index contributed by atoms with van der Waals surface area (Å²) in [6.07, 6.45) is 4.26. The van der Waals surface area contributed by atoms with Gasteiger partial charge in [-0.2, -0.15) is 0 Å². The number of pyridine rings is 2. The van der Waals surface area contributed by atoms with E-state index in [1.807, 2.05) is 6.92 Å². The van der Waals surface area contributed by atoms with Crippen molar-refractivity contribution in [1.29, 1.82) is 0 Å². The number of rotatable bonds is 3. The smallest absolute Gasteiger partial charge is 0.263 e. The molecule has 2 aromatic heterocycles. The summed E-state index contributed by atoms with van der Waals surface area (Å²) in [5.74, 6) is 0. The van der Waals surface area contributed by atoms with Gasteiger partial charge in [0.2, 0.25) is 0 Å². The molecule has 0 aliphatic rings. The second-order valence-corrected chi connectivity index (χ2v) is 6.06. The number of nitrogens with one attached hydrogen (secondary N) is 1. The first-order chi connectivity index (χ1) is 8.49. The van der Waals surface area contributed by atoms with Crippen LogP contribution in [0.4, 0.5) is 5.69 Å². The van der Waals surface area contributed by atoms with Gasteiger partial charge in [0.1, 0.15) is 9.50 Å². The molecule has 0 saturated carbocycles. The zero-order chi connectivity index (χ0) is 13.2. The molecule has 0 atom stereocenters. The first-order valence-electron chi connectivity index (χ1n) is 5.04. The van der Waals surface area contributed by atoms with Crippen LogP contribution in [0.25, 0.3) is 0 Å². The Balaban J connectivity index is 2.31. The molecule has 2 rings (SSSR count). The Morgan fingerprint density at radius 3 is 2.72 bits per heavy atom. The standard InChI is InChI=1S/C11H10BrN3O2S/c1-8-5-9(6-14-11(8)12)15-18(16,17)10-3-2-4-13-7-10/h2-7,15H,1H3. The van der Waals surface area contributed by atoms with Crippen molar-refractivity contribution in [2.75, 3.05) is 4.72 Å². The van der Waals surface area contributed by atoms with E-state index in [0.717, 1.165) is 5.56 Å². The van der Waals surface area contributed by atoms with Gasteiger partial charge in [0, 0.05) is 12.4 Å². The Morgan fingerprint density at radius 2 is 2.11 bits per heavy atom. The highest BCUT2D eigenvalue weighted by Crippen LogP contribution is 2.19. The summed E-state index contributed by atoms with van der Waals surface area (Å²) in [6.45, 7) is 1.83. The van der Waals surface area contributed by atoms with Crippen LogP contribution in [0.5, 0.6) is 0 Å². The van der Waals surface area contributed by atoms with Crippen LogP contribution < -0.4 is 4.72 Å². The van der Waals surface area contributed by atoms with Crippen molar-refractivity contribution >= 4 is 31.6 Å².